The topological polar surface area (TPSA) is 30.2 Å². The third-order valence-electron chi connectivity index (χ3n) is 2.85. The number of thiophene rings is 1. The Bertz CT molecular complexity index is 750. The van der Waals surface area contributed by atoms with Crippen LogP contribution in [0.15, 0.2) is 32.8 Å². The highest BCUT2D eigenvalue weighted by Gasteiger charge is 2.09. The second kappa shape index (κ2) is 3.19. The molecule has 0 saturated carbocycles. The van der Waals surface area contributed by atoms with Crippen LogP contribution in [0.2, 0.25) is 0 Å². The number of rotatable bonds is 0. The Labute approximate surface area is 96.1 Å². The summed E-state index contributed by atoms with van der Waals surface area (Å²) in [5, 5.41) is 4.28. The van der Waals surface area contributed by atoms with Crippen molar-refractivity contribution in [2.75, 3.05) is 0 Å². The lowest BCUT2D eigenvalue weighted by molar-refractivity contribution is 0.563. The Morgan fingerprint density at radius 1 is 1.12 bits per heavy atom. The largest absolute Gasteiger partial charge is 0.421 e. The average molecular weight is 230 g/mol. The monoisotopic (exact) mass is 230 g/mol. The zero-order valence-corrected chi connectivity index (χ0v) is 9.85. The lowest BCUT2D eigenvalue weighted by atomic mass is 10.1. The Kier molecular flexibility index (Phi) is 1.91. The Hall–Kier alpha value is -1.61. The molecule has 0 atom stereocenters. The third kappa shape index (κ3) is 1.21. The van der Waals surface area contributed by atoms with Gasteiger partial charge in [-0.25, -0.2) is 4.79 Å². The van der Waals surface area contributed by atoms with Gasteiger partial charge in [-0.3, -0.25) is 0 Å². The summed E-state index contributed by atoms with van der Waals surface area (Å²) in [6.45, 7) is 4.00. The molecule has 3 aromatic rings. The SMILES string of the molecule is Cc1cc(=O)oc2c1ccc1c(C)csc12. The second-order valence-electron chi connectivity index (χ2n) is 3.99. The minimum Gasteiger partial charge on any atom is -0.421 e. The van der Waals surface area contributed by atoms with Crippen LogP contribution in [-0.4, -0.2) is 0 Å². The zero-order valence-electron chi connectivity index (χ0n) is 9.03. The van der Waals surface area contributed by atoms with Crippen LogP contribution in [0.3, 0.4) is 0 Å². The normalized spacial score (nSPS) is 11.4. The van der Waals surface area contributed by atoms with Crippen LogP contribution < -0.4 is 5.63 Å². The van der Waals surface area contributed by atoms with Gasteiger partial charge in [0.1, 0.15) is 0 Å². The Morgan fingerprint density at radius 2 is 1.88 bits per heavy atom. The van der Waals surface area contributed by atoms with Crippen molar-refractivity contribution in [3.63, 3.8) is 0 Å². The summed E-state index contributed by atoms with van der Waals surface area (Å²) < 4.78 is 6.39. The summed E-state index contributed by atoms with van der Waals surface area (Å²) in [6.07, 6.45) is 0. The van der Waals surface area contributed by atoms with E-state index in [0.717, 1.165) is 21.2 Å². The highest BCUT2D eigenvalue weighted by Crippen LogP contribution is 2.32. The molecule has 0 amide bonds. The molecule has 16 heavy (non-hydrogen) atoms. The standard InChI is InChI=1S/C13H10O2S/c1-7-5-11(14)15-12-9(7)3-4-10-8(2)6-16-13(10)12/h3-6H,1-2H3. The molecule has 0 aliphatic rings. The van der Waals surface area contributed by atoms with E-state index in [2.05, 4.69) is 18.4 Å². The second-order valence-corrected chi connectivity index (χ2v) is 4.87. The van der Waals surface area contributed by atoms with Crippen molar-refractivity contribution in [1.82, 2.24) is 0 Å². The molecular weight excluding hydrogens is 220 g/mol. The van der Waals surface area contributed by atoms with Crippen LogP contribution in [-0.2, 0) is 0 Å². The third-order valence-corrected chi connectivity index (χ3v) is 3.96. The van der Waals surface area contributed by atoms with Crippen LogP contribution >= 0.6 is 11.3 Å². The van der Waals surface area contributed by atoms with E-state index in [-0.39, 0.29) is 5.63 Å². The predicted octanol–water partition coefficient (Wildman–Crippen LogP) is 3.62. The van der Waals surface area contributed by atoms with Gasteiger partial charge in [0, 0.05) is 11.5 Å². The molecule has 0 unspecified atom stereocenters. The maximum atomic E-state index is 11.4. The number of fused-ring (bicyclic) bond motifs is 3. The molecule has 3 heteroatoms. The first kappa shape index (κ1) is 9.60. The van der Waals surface area contributed by atoms with Gasteiger partial charge in [-0.2, -0.15) is 0 Å². The molecule has 2 aromatic heterocycles. The first-order chi connectivity index (χ1) is 7.66. The van der Waals surface area contributed by atoms with Crippen molar-refractivity contribution < 1.29 is 4.42 Å². The molecular formula is C13H10O2S. The minimum atomic E-state index is -0.274. The summed E-state index contributed by atoms with van der Waals surface area (Å²) in [6, 6.07) is 5.65. The average Bonchev–Trinajstić information content (AvgIpc) is 2.60. The van der Waals surface area contributed by atoms with Crippen LogP contribution in [0.25, 0.3) is 21.1 Å². The molecule has 3 rings (SSSR count). The summed E-state index contributed by atoms with van der Waals surface area (Å²) in [5.74, 6) is 0. The molecule has 80 valence electrons. The predicted molar refractivity (Wildman–Crippen MR) is 67.3 cm³/mol. The van der Waals surface area contributed by atoms with Gasteiger partial charge >= 0.3 is 5.63 Å². The smallest absolute Gasteiger partial charge is 0.336 e. The van der Waals surface area contributed by atoms with Crippen molar-refractivity contribution in [1.29, 1.82) is 0 Å². The molecule has 0 fully saturated rings. The number of hydrogen-bond acceptors (Lipinski definition) is 3. The van der Waals surface area contributed by atoms with E-state index in [0.29, 0.717) is 0 Å². The number of benzene rings is 1. The summed E-state index contributed by atoms with van der Waals surface area (Å²) in [5.41, 5.74) is 2.65. The fraction of sp³-hybridized carbons (Fsp3) is 0.154. The van der Waals surface area contributed by atoms with Gasteiger partial charge in [0.15, 0.2) is 5.58 Å². The maximum Gasteiger partial charge on any atom is 0.336 e. The molecule has 1 aromatic carbocycles. The Balaban J connectivity index is 2.65. The lowest BCUT2D eigenvalue weighted by Gasteiger charge is -2.01. The van der Waals surface area contributed by atoms with Crippen molar-refractivity contribution >= 4 is 32.4 Å². The highest BCUT2D eigenvalue weighted by molar-refractivity contribution is 7.18. The van der Waals surface area contributed by atoms with E-state index in [9.17, 15) is 4.79 Å². The van der Waals surface area contributed by atoms with Crippen molar-refractivity contribution in [3.8, 4) is 0 Å². The molecule has 2 nitrogen and oxygen atoms in total. The molecule has 0 N–H and O–H groups in total. The van der Waals surface area contributed by atoms with Crippen LogP contribution in [0.1, 0.15) is 11.1 Å². The van der Waals surface area contributed by atoms with Gasteiger partial charge in [0.2, 0.25) is 0 Å². The van der Waals surface area contributed by atoms with Crippen LogP contribution in [0.4, 0.5) is 0 Å². The van der Waals surface area contributed by atoms with E-state index >= 15 is 0 Å². The van der Waals surface area contributed by atoms with Crippen LogP contribution in [0, 0.1) is 13.8 Å². The maximum absolute atomic E-state index is 11.4. The van der Waals surface area contributed by atoms with Gasteiger partial charge in [-0.15, -0.1) is 11.3 Å². The summed E-state index contributed by atoms with van der Waals surface area (Å²) in [4.78, 5) is 11.4. The fourth-order valence-corrected chi connectivity index (χ4v) is 3.03. The van der Waals surface area contributed by atoms with E-state index in [4.69, 9.17) is 4.42 Å². The molecule has 0 spiro atoms. The first-order valence-corrected chi connectivity index (χ1v) is 5.96. The highest BCUT2D eigenvalue weighted by atomic mass is 32.1. The van der Waals surface area contributed by atoms with E-state index in [1.54, 1.807) is 11.3 Å². The lowest BCUT2D eigenvalue weighted by Crippen LogP contribution is -1.97. The summed E-state index contributed by atoms with van der Waals surface area (Å²) in [7, 11) is 0. The van der Waals surface area contributed by atoms with Gasteiger partial charge in [0.05, 0.1) is 4.70 Å². The van der Waals surface area contributed by atoms with Gasteiger partial charge in [-0.05, 0) is 35.7 Å². The van der Waals surface area contributed by atoms with Crippen molar-refractivity contribution in [3.05, 3.63) is 45.1 Å². The zero-order chi connectivity index (χ0) is 11.3. The molecule has 0 aliphatic heterocycles. The Morgan fingerprint density at radius 3 is 2.69 bits per heavy atom. The molecule has 0 saturated heterocycles. The minimum absolute atomic E-state index is 0.274. The first-order valence-electron chi connectivity index (χ1n) is 5.08. The van der Waals surface area contributed by atoms with Gasteiger partial charge < -0.3 is 4.42 Å². The number of hydrogen-bond donors (Lipinski definition) is 0. The molecule has 2 heterocycles. The van der Waals surface area contributed by atoms with Gasteiger partial charge in [-0.1, -0.05) is 12.1 Å². The van der Waals surface area contributed by atoms with Crippen molar-refractivity contribution in [2.24, 2.45) is 0 Å². The van der Waals surface area contributed by atoms with E-state index in [1.807, 2.05) is 13.0 Å². The van der Waals surface area contributed by atoms with Gasteiger partial charge in [0.25, 0.3) is 0 Å². The molecule has 0 aliphatic carbocycles. The number of aryl methyl sites for hydroxylation is 2. The van der Waals surface area contributed by atoms with Crippen LogP contribution in [0.5, 0.6) is 0 Å². The van der Waals surface area contributed by atoms with E-state index < -0.39 is 0 Å². The summed E-state index contributed by atoms with van der Waals surface area (Å²) >= 11 is 1.63. The quantitative estimate of drug-likeness (QED) is 0.552. The fourth-order valence-electron chi connectivity index (χ4n) is 2.00. The molecule has 0 radical (unpaired) electrons. The van der Waals surface area contributed by atoms with E-state index in [1.165, 1.54) is 17.0 Å². The molecule has 0 bridgehead atoms. The van der Waals surface area contributed by atoms with Crippen molar-refractivity contribution in [2.45, 2.75) is 13.8 Å².